The van der Waals surface area contributed by atoms with Crippen LogP contribution in [0.4, 0.5) is 5.69 Å². The normalized spacial score (nSPS) is 9.57. The molecule has 0 unspecified atom stereocenters. The summed E-state index contributed by atoms with van der Waals surface area (Å²) in [6, 6.07) is 10.9. The van der Waals surface area contributed by atoms with Crippen molar-refractivity contribution in [2.24, 2.45) is 5.73 Å². The number of hydrogen-bond donors (Lipinski definition) is 3. The van der Waals surface area contributed by atoms with Gasteiger partial charge in [0.15, 0.2) is 0 Å². The third-order valence-corrected chi connectivity index (χ3v) is 2.80. The van der Waals surface area contributed by atoms with Crippen LogP contribution >= 0.6 is 0 Å². The number of benzene rings is 2. The van der Waals surface area contributed by atoms with E-state index in [1.165, 1.54) is 12.1 Å². The maximum Gasteiger partial charge on any atom is 0.255 e. The third kappa shape index (κ3) is 4.55. The molecule has 0 saturated carbocycles. The summed E-state index contributed by atoms with van der Waals surface area (Å²) >= 11 is 0. The summed E-state index contributed by atoms with van der Waals surface area (Å²) in [4.78, 5) is 23.4. The molecular formula is C15H14AcN2O3. The van der Waals surface area contributed by atoms with Gasteiger partial charge in [-0.25, -0.2) is 0 Å². The minimum absolute atomic E-state index is 0. The number of nitrogens with two attached hydrogens (primary N) is 1. The molecule has 2 rings (SSSR count). The van der Waals surface area contributed by atoms with Crippen molar-refractivity contribution in [1.82, 2.24) is 0 Å². The summed E-state index contributed by atoms with van der Waals surface area (Å²) in [6.07, 6.45) is 0. The van der Waals surface area contributed by atoms with Gasteiger partial charge >= 0.3 is 0 Å². The number of carbonyl (C=O) groups excluding carboxylic acids is 2. The number of nitrogens with one attached hydrogen (secondary N) is 1. The van der Waals surface area contributed by atoms with Crippen LogP contribution in [0.25, 0.3) is 0 Å². The van der Waals surface area contributed by atoms with Gasteiger partial charge in [-0.2, -0.15) is 0 Å². The Morgan fingerprint density at radius 3 is 2.48 bits per heavy atom. The Bertz CT molecular complexity index is 686. The number of amides is 2. The van der Waals surface area contributed by atoms with Gasteiger partial charge in [0.1, 0.15) is 5.75 Å². The molecule has 2 aromatic carbocycles. The molecule has 0 heterocycles. The fourth-order valence-electron chi connectivity index (χ4n) is 1.81. The number of carbonyl (C=O) groups is 2. The second-order valence-electron chi connectivity index (χ2n) is 4.42. The molecular weight excluding hydrogens is 483 g/mol. The maximum atomic E-state index is 12.1. The van der Waals surface area contributed by atoms with Crippen molar-refractivity contribution in [3.8, 4) is 5.75 Å². The molecule has 4 N–H and O–H groups in total. The van der Waals surface area contributed by atoms with Crippen LogP contribution in [-0.2, 0) is 0 Å². The van der Waals surface area contributed by atoms with E-state index >= 15 is 0 Å². The van der Waals surface area contributed by atoms with E-state index in [2.05, 4.69) is 5.32 Å². The molecule has 105 valence electrons. The zero-order valence-electron chi connectivity index (χ0n) is 11.5. The van der Waals surface area contributed by atoms with Crippen LogP contribution in [0.1, 0.15) is 26.3 Å². The summed E-state index contributed by atoms with van der Waals surface area (Å²) in [5, 5.41) is 12.0. The van der Waals surface area contributed by atoms with E-state index in [9.17, 15) is 14.7 Å². The van der Waals surface area contributed by atoms with Gasteiger partial charge in [0.25, 0.3) is 11.8 Å². The van der Waals surface area contributed by atoms with Crippen molar-refractivity contribution in [2.75, 3.05) is 5.32 Å². The van der Waals surface area contributed by atoms with Crippen LogP contribution in [-0.4, -0.2) is 16.9 Å². The summed E-state index contributed by atoms with van der Waals surface area (Å²) in [6.45, 7) is 1.83. The van der Waals surface area contributed by atoms with E-state index in [-0.39, 0.29) is 55.4 Å². The monoisotopic (exact) mass is 497 g/mol. The van der Waals surface area contributed by atoms with E-state index in [0.717, 1.165) is 5.56 Å². The van der Waals surface area contributed by atoms with Gasteiger partial charge in [0, 0.05) is 49.6 Å². The number of rotatable bonds is 3. The summed E-state index contributed by atoms with van der Waals surface area (Å²) < 4.78 is 0. The Balaban J connectivity index is 0.00000220. The van der Waals surface area contributed by atoms with E-state index in [4.69, 9.17) is 5.73 Å². The van der Waals surface area contributed by atoms with Crippen molar-refractivity contribution >= 4 is 17.5 Å². The Morgan fingerprint density at radius 2 is 1.86 bits per heavy atom. The summed E-state index contributed by atoms with van der Waals surface area (Å²) in [7, 11) is 0. The number of hydrogen-bond acceptors (Lipinski definition) is 3. The van der Waals surface area contributed by atoms with Crippen LogP contribution in [0.3, 0.4) is 0 Å². The van der Waals surface area contributed by atoms with E-state index < -0.39 is 11.8 Å². The second-order valence-corrected chi connectivity index (χ2v) is 4.42. The number of phenolic OH excluding ortho intramolecular Hbond substituents is 1. The molecule has 2 aromatic rings. The van der Waals surface area contributed by atoms with Crippen LogP contribution < -0.4 is 11.1 Å². The van der Waals surface area contributed by atoms with Crippen molar-refractivity contribution in [3.05, 3.63) is 59.2 Å². The molecule has 0 aliphatic heterocycles. The van der Waals surface area contributed by atoms with Crippen molar-refractivity contribution in [3.63, 3.8) is 0 Å². The zero-order chi connectivity index (χ0) is 14.7. The topological polar surface area (TPSA) is 92.4 Å². The van der Waals surface area contributed by atoms with Gasteiger partial charge in [-0.3, -0.25) is 9.59 Å². The number of aromatic hydroxyl groups is 1. The van der Waals surface area contributed by atoms with E-state index in [1.54, 1.807) is 30.3 Å². The molecule has 5 nitrogen and oxygen atoms in total. The maximum absolute atomic E-state index is 12.1. The van der Waals surface area contributed by atoms with Crippen LogP contribution in [0.5, 0.6) is 5.75 Å². The molecule has 0 fully saturated rings. The first-order chi connectivity index (χ1) is 9.47. The molecule has 21 heavy (non-hydrogen) atoms. The van der Waals surface area contributed by atoms with Crippen molar-refractivity contribution in [1.29, 1.82) is 0 Å². The average Bonchev–Trinajstić information content (AvgIpc) is 2.40. The number of aryl methyl sites for hydroxylation is 1. The number of primary amides is 1. The number of anilines is 1. The van der Waals surface area contributed by atoms with Crippen molar-refractivity contribution < 1.29 is 58.8 Å². The van der Waals surface area contributed by atoms with Crippen LogP contribution in [0.15, 0.2) is 42.5 Å². The predicted octanol–water partition coefficient (Wildman–Crippen LogP) is 2.05. The minimum atomic E-state index is -0.611. The molecule has 6 heteroatoms. The first-order valence-electron chi connectivity index (χ1n) is 5.98. The second kappa shape index (κ2) is 7.58. The van der Waals surface area contributed by atoms with Gasteiger partial charge in [-0.1, -0.05) is 17.7 Å². The SMILES string of the molecule is Cc1ccc(NC(=O)c2cccc(O)c2)c(C(N)=O)c1.[Ac]. The molecule has 2 amide bonds. The Kier molecular flexibility index (Phi) is 6.38. The standard InChI is InChI=1S/C15H14N2O3.Ac/c1-9-5-6-13(12(7-9)14(16)19)17-15(20)10-3-2-4-11(18)8-10;/h2-8,18H,1H3,(H2,16,19)(H,17,20);. The molecule has 0 saturated heterocycles. The summed E-state index contributed by atoms with van der Waals surface area (Å²) in [5.74, 6) is -1.04. The first-order valence-corrected chi connectivity index (χ1v) is 5.98. The molecule has 0 aliphatic rings. The molecule has 0 bridgehead atoms. The number of phenols is 1. The van der Waals surface area contributed by atoms with Gasteiger partial charge in [0.2, 0.25) is 0 Å². The Hall–Kier alpha value is -1.38. The third-order valence-electron chi connectivity index (χ3n) is 2.80. The Labute approximate surface area is 158 Å². The van der Waals surface area contributed by atoms with Gasteiger partial charge < -0.3 is 16.2 Å². The van der Waals surface area contributed by atoms with E-state index in [1.807, 2.05) is 6.92 Å². The van der Waals surface area contributed by atoms with Gasteiger partial charge in [-0.15, -0.1) is 0 Å². The van der Waals surface area contributed by atoms with Gasteiger partial charge in [-0.05, 0) is 37.3 Å². The van der Waals surface area contributed by atoms with Crippen LogP contribution in [0.2, 0.25) is 0 Å². The van der Waals surface area contributed by atoms with Crippen LogP contribution in [0, 0.1) is 51.0 Å². The molecule has 0 aliphatic carbocycles. The van der Waals surface area contributed by atoms with Gasteiger partial charge in [0.05, 0.1) is 11.3 Å². The largest absolute Gasteiger partial charge is 0.508 e. The molecule has 0 aromatic heterocycles. The van der Waals surface area contributed by atoms with Crippen molar-refractivity contribution in [2.45, 2.75) is 6.92 Å². The molecule has 0 atom stereocenters. The first kappa shape index (κ1) is 17.7. The zero-order valence-corrected chi connectivity index (χ0v) is 16.2. The average molecular weight is 497 g/mol. The Morgan fingerprint density at radius 1 is 1.14 bits per heavy atom. The fourth-order valence-corrected chi connectivity index (χ4v) is 1.81. The van der Waals surface area contributed by atoms with E-state index in [0.29, 0.717) is 11.3 Å². The fraction of sp³-hybridized carbons (Fsp3) is 0.0667. The summed E-state index contributed by atoms with van der Waals surface area (Å²) in [5.41, 5.74) is 7.05. The quantitative estimate of drug-likeness (QED) is 0.607. The smallest absolute Gasteiger partial charge is 0.255 e. The predicted molar refractivity (Wildman–Crippen MR) is 75.8 cm³/mol. The minimum Gasteiger partial charge on any atom is -0.508 e. The molecule has 0 spiro atoms. The molecule has 1 radical (unpaired) electrons.